The van der Waals surface area contributed by atoms with E-state index in [9.17, 15) is 9.18 Å². The van der Waals surface area contributed by atoms with Crippen LogP contribution in [0.15, 0.2) is 12.3 Å². The number of anilines is 1. The number of carbonyl (C=O) groups is 1. The van der Waals surface area contributed by atoms with Crippen molar-refractivity contribution >= 4 is 11.7 Å². The molecule has 1 amide bonds. The summed E-state index contributed by atoms with van der Waals surface area (Å²) in [5.41, 5.74) is 5.21. The fraction of sp³-hybridized carbons (Fsp3) is 0.538. The average molecular weight is 269 g/mol. The molecule has 0 aliphatic carbocycles. The van der Waals surface area contributed by atoms with Crippen LogP contribution in [0.25, 0.3) is 0 Å². The molecule has 0 aromatic carbocycles. The molecule has 19 heavy (non-hydrogen) atoms. The molecule has 0 fully saturated rings. The van der Waals surface area contributed by atoms with Gasteiger partial charge in [-0.1, -0.05) is 13.3 Å². The van der Waals surface area contributed by atoms with Gasteiger partial charge in [0.25, 0.3) is 5.91 Å². The molecule has 3 N–H and O–H groups in total. The first-order valence-corrected chi connectivity index (χ1v) is 6.42. The summed E-state index contributed by atoms with van der Waals surface area (Å²) in [6.45, 7) is 3.85. The van der Waals surface area contributed by atoms with Gasteiger partial charge in [-0.3, -0.25) is 4.79 Å². The molecule has 0 atom stereocenters. The summed E-state index contributed by atoms with van der Waals surface area (Å²) < 4.78 is 18.8. The second-order valence-corrected chi connectivity index (χ2v) is 4.13. The Balaban J connectivity index is 2.26. The molecule has 0 saturated carbocycles. The number of halogens is 1. The number of nitrogens with one attached hydrogen (secondary N) is 1. The number of hydrogen-bond acceptors (Lipinski definition) is 4. The summed E-state index contributed by atoms with van der Waals surface area (Å²) in [6, 6.07) is 1.30. The molecule has 1 aromatic heterocycles. The van der Waals surface area contributed by atoms with Gasteiger partial charge in [0.05, 0.1) is 5.56 Å². The van der Waals surface area contributed by atoms with Gasteiger partial charge in [0.1, 0.15) is 0 Å². The number of unbranched alkanes of at least 4 members (excludes halogenated alkanes) is 1. The Kier molecular flexibility index (Phi) is 6.81. The van der Waals surface area contributed by atoms with E-state index in [1.54, 1.807) is 0 Å². The van der Waals surface area contributed by atoms with Crippen LogP contribution in [0.5, 0.6) is 0 Å². The van der Waals surface area contributed by atoms with Gasteiger partial charge in [-0.15, -0.1) is 0 Å². The number of nitrogens with zero attached hydrogens (tertiary/aromatic N) is 1. The Hall–Kier alpha value is -1.69. The van der Waals surface area contributed by atoms with E-state index in [1.165, 1.54) is 12.3 Å². The highest BCUT2D eigenvalue weighted by atomic mass is 19.1. The standard InChI is InChI=1S/C13H20FN3O2/c1-2-3-8-19-9-4-6-17-13(18)10-5-7-16-12(15)11(10)14/h5,7H,2-4,6,8-9H2,1H3,(H2,15,16)(H,17,18). The van der Waals surface area contributed by atoms with E-state index >= 15 is 0 Å². The lowest BCUT2D eigenvalue weighted by molar-refractivity contribution is 0.0936. The first kappa shape index (κ1) is 15.4. The maximum Gasteiger partial charge on any atom is 0.254 e. The highest BCUT2D eigenvalue weighted by Crippen LogP contribution is 2.11. The van der Waals surface area contributed by atoms with Crippen LogP contribution in [0.3, 0.4) is 0 Å². The Labute approximate surface area is 112 Å². The molecule has 5 nitrogen and oxygen atoms in total. The first-order valence-electron chi connectivity index (χ1n) is 6.42. The van der Waals surface area contributed by atoms with Gasteiger partial charge in [0.15, 0.2) is 11.6 Å². The molecule has 106 valence electrons. The van der Waals surface area contributed by atoms with E-state index in [1.807, 2.05) is 0 Å². The van der Waals surface area contributed by atoms with Gasteiger partial charge < -0.3 is 15.8 Å². The maximum absolute atomic E-state index is 13.5. The number of ether oxygens (including phenoxy) is 1. The summed E-state index contributed by atoms with van der Waals surface area (Å²) in [5, 5.41) is 2.62. The van der Waals surface area contributed by atoms with Gasteiger partial charge in [-0.25, -0.2) is 9.37 Å². The lowest BCUT2D eigenvalue weighted by atomic mass is 10.2. The minimum absolute atomic E-state index is 0.0839. The summed E-state index contributed by atoms with van der Waals surface area (Å²) >= 11 is 0. The van der Waals surface area contributed by atoms with E-state index in [-0.39, 0.29) is 11.4 Å². The number of carbonyl (C=O) groups excluding carboxylic acids is 1. The Morgan fingerprint density at radius 3 is 2.95 bits per heavy atom. The molecular formula is C13H20FN3O2. The van der Waals surface area contributed by atoms with Crippen molar-refractivity contribution in [1.82, 2.24) is 10.3 Å². The molecule has 1 aromatic rings. The van der Waals surface area contributed by atoms with Crippen molar-refractivity contribution < 1.29 is 13.9 Å². The topological polar surface area (TPSA) is 77.2 Å². The molecule has 0 unspecified atom stereocenters. The molecule has 0 spiro atoms. The Morgan fingerprint density at radius 1 is 1.47 bits per heavy atom. The van der Waals surface area contributed by atoms with Gasteiger partial charge >= 0.3 is 0 Å². The first-order chi connectivity index (χ1) is 9.16. The highest BCUT2D eigenvalue weighted by Gasteiger charge is 2.13. The highest BCUT2D eigenvalue weighted by molar-refractivity contribution is 5.95. The third kappa shape index (κ3) is 5.21. The number of aromatic nitrogens is 1. The lowest BCUT2D eigenvalue weighted by Gasteiger charge is -2.07. The maximum atomic E-state index is 13.5. The molecule has 6 heteroatoms. The normalized spacial score (nSPS) is 10.4. The average Bonchev–Trinajstić information content (AvgIpc) is 2.40. The van der Waals surface area contributed by atoms with Crippen LogP contribution in [0, 0.1) is 5.82 Å². The second-order valence-electron chi connectivity index (χ2n) is 4.13. The molecule has 0 radical (unpaired) electrons. The van der Waals surface area contributed by atoms with Crippen molar-refractivity contribution in [3.05, 3.63) is 23.6 Å². The summed E-state index contributed by atoms with van der Waals surface area (Å²) in [7, 11) is 0. The van der Waals surface area contributed by atoms with Crippen molar-refractivity contribution in [3.63, 3.8) is 0 Å². The van der Waals surface area contributed by atoms with E-state index in [0.29, 0.717) is 19.6 Å². The van der Waals surface area contributed by atoms with Crippen molar-refractivity contribution in [2.45, 2.75) is 26.2 Å². The van der Waals surface area contributed by atoms with Crippen LogP contribution in [0.2, 0.25) is 0 Å². The SMILES string of the molecule is CCCCOCCCNC(=O)c1ccnc(N)c1F. The van der Waals surface area contributed by atoms with Gasteiger partial charge in [0.2, 0.25) is 0 Å². The zero-order valence-electron chi connectivity index (χ0n) is 11.1. The zero-order chi connectivity index (χ0) is 14.1. The van der Waals surface area contributed by atoms with E-state index in [2.05, 4.69) is 17.2 Å². The number of nitrogen functional groups attached to an aromatic ring is 1. The fourth-order valence-electron chi connectivity index (χ4n) is 1.46. The fourth-order valence-corrected chi connectivity index (χ4v) is 1.46. The number of nitrogens with two attached hydrogens (primary N) is 1. The molecular weight excluding hydrogens is 249 g/mol. The zero-order valence-corrected chi connectivity index (χ0v) is 11.1. The minimum Gasteiger partial charge on any atom is -0.381 e. The molecule has 0 aliphatic rings. The van der Waals surface area contributed by atoms with E-state index in [4.69, 9.17) is 10.5 Å². The van der Waals surface area contributed by atoms with Crippen molar-refractivity contribution in [3.8, 4) is 0 Å². The summed E-state index contributed by atoms with van der Waals surface area (Å²) in [5.74, 6) is -1.53. The quantitative estimate of drug-likeness (QED) is 0.705. The van der Waals surface area contributed by atoms with Crippen molar-refractivity contribution in [2.24, 2.45) is 0 Å². The summed E-state index contributed by atoms with van der Waals surface area (Å²) in [4.78, 5) is 15.2. The summed E-state index contributed by atoms with van der Waals surface area (Å²) in [6.07, 6.45) is 4.13. The Bertz CT molecular complexity index is 413. The second kappa shape index (κ2) is 8.42. The number of hydrogen-bond donors (Lipinski definition) is 2. The van der Waals surface area contributed by atoms with Crippen molar-refractivity contribution in [2.75, 3.05) is 25.5 Å². The monoisotopic (exact) mass is 269 g/mol. The predicted molar refractivity (Wildman–Crippen MR) is 71.3 cm³/mol. The van der Waals surface area contributed by atoms with Crippen LogP contribution in [0.4, 0.5) is 10.2 Å². The number of pyridine rings is 1. The predicted octanol–water partition coefficient (Wildman–Crippen LogP) is 1.74. The van der Waals surface area contributed by atoms with Crippen molar-refractivity contribution in [1.29, 1.82) is 0 Å². The van der Waals surface area contributed by atoms with Crippen LogP contribution in [-0.2, 0) is 4.74 Å². The molecule has 0 saturated heterocycles. The van der Waals surface area contributed by atoms with E-state index < -0.39 is 11.7 Å². The smallest absolute Gasteiger partial charge is 0.254 e. The van der Waals surface area contributed by atoms with Crippen LogP contribution >= 0.6 is 0 Å². The van der Waals surface area contributed by atoms with E-state index in [0.717, 1.165) is 19.4 Å². The largest absolute Gasteiger partial charge is 0.381 e. The van der Waals surface area contributed by atoms with Gasteiger partial charge in [0, 0.05) is 26.0 Å². The van der Waals surface area contributed by atoms with Crippen LogP contribution in [0.1, 0.15) is 36.5 Å². The molecule has 1 rings (SSSR count). The third-order valence-corrected chi connectivity index (χ3v) is 2.55. The van der Waals surface area contributed by atoms with Crippen LogP contribution in [-0.4, -0.2) is 30.6 Å². The molecule has 0 aliphatic heterocycles. The third-order valence-electron chi connectivity index (χ3n) is 2.55. The number of amides is 1. The van der Waals surface area contributed by atoms with Gasteiger partial charge in [-0.2, -0.15) is 0 Å². The van der Waals surface area contributed by atoms with Crippen LogP contribution < -0.4 is 11.1 Å². The Morgan fingerprint density at radius 2 is 2.21 bits per heavy atom. The lowest BCUT2D eigenvalue weighted by Crippen LogP contribution is -2.26. The van der Waals surface area contributed by atoms with Gasteiger partial charge in [-0.05, 0) is 18.9 Å². The molecule has 0 bridgehead atoms. The number of rotatable bonds is 8. The molecule has 1 heterocycles. The minimum atomic E-state index is -0.779.